The molecule has 0 spiro atoms. The Labute approximate surface area is 143 Å². The quantitative estimate of drug-likeness (QED) is 0.893. The normalized spacial score (nSPS) is 16.9. The summed E-state index contributed by atoms with van der Waals surface area (Å²) in [5.41, 5.74) is 6.74. The molecular formula is C16H16N4O3S. The van der Waals surface area contributed by atoms with Gasteiger partial charge in [0, 0.05) is 30.3 Å². The van der Waals surface area contributed by atoms with Crippen LogP contribution in [0.15, 0.2) is 36.7 Å². The summed E-state index contributed by atoms with van der Waals surface area (Å²) in [7, 11) is 1.57. The van der Waals surface area contributed by atoms with Crippen LogP contribution in [0.25, 0.3) is 11.3 Å². The van der Waals surface area contributed by atoms with Crippen LogP contribution in [0, 0.1) is 0 Å². The summed E-state index contributed by atoms with van der Waals surface area (Å²) in [6.45, 7) is 0.450. The highest BCUT2D eigenvalue weighted by atomic mass is 32.2. The van der Waals surface area contributed by atoms with E-state index in [1.54, 1.807) is 13.2 Å². The molecule has 1 atom stereocenters. The van der Waals surface area contributed by atoms with E-state index in [1.165, 1.54) is 29.1 Å². The molecule has 1 aromatic carbocycles. The molecule has 1 unspecified atom stereocenters. The predicted octanol–water partition coefficient (Wildman–Crippen LogP) is 1.15. The lowest BCUT2D eigenvalue weighted by Crippen LogP contribution is -2.43. The van der Waals surface area contributed by atoms with Crippen molar-refractivity contribution in [2.24, 2.45) is 5.73 Å². The number of nitrogens with two attached hydrogens (primary N) is 1. The fourth-order valence-electron chi connectivity index (χ4n) is 2.53. The van der Waals surface area contributed by atoms with Crippen molar-refractivity contribution >= 4 is 23.6 Å². The molecule has 0 bridgehead atoms. The summed E-state index contributed by atoms with van der Waals surface area (Å²) in [4.78, 5) is 34.4. The van der Waals surface area contributed by atoms with E-state index in [0.717, 1.165) is 0 Å². The molecule has 2 heterocycles. The van der Waals surface area contributed by atoms with Crippen molar-refractivity contribution in [2.45, 2.75) is 5.37 Å². The minimum Gasteiger partial charge on any atom is -0.497 e. The maximum absolute atomic E-state index is 12.9. The van der Waals surface area contributed by atoms with E-state index in [-0.39, 0.29) is 11.6 Å². The maximum atomic E-state index is 12.9. The fraction of sp³-hybridized carbons (Fsp3) is 0.250. The molecule has 8 heteroatoms. The van der Waals surface area contributed by atoms with Gasteiger partial charge in [0.2, 0.25) is 0 Å². The zero-order valence-electron chi connectivity index (χ0n) is 13.0. The number of nitrogens with zero attached hydrogens (tertiary/aromatic N) is 3. The Hall–Kier alpha value is -2.61. The van der Waals surface area contributed by atoms with Gasteiger partial charge in [0.25, 0.3) is 11.8 Å². The Balaban J connectivity index is 2.00. The van der Waals surface area contributed by atoms with Gasteiger partial charge in [-0.1, -0.05) is 12.1 Å². The van der Waals surface area contributed by atoms with Gasteiger partial charge in [-0.2, -0.15) is 0 Å². The van der Waals surface area contributed by atoms with E-state index in [2.05, 4.69) is 9.97 Å². The Kier molecular flexibility index (Phi) is 4.66. The maximum Gasteiger partial charge on any atom is 0.276 e. The third-order valence-electron chi connectivity index (χ3n) is 3.64. The molecule has 124 valence electrons. The van der Waals surface area contributed by atoms with Gasteiger partial charge in [-0.3, -0.25) is 14.6 Å². The third-order valence-corrected chi connectivity index (χ3v) is 4.86. The monoisotopic (exact) mass is 344 g/mol. The molecule has 0 radical (unpaired) electrons. The number of hydrogen-bond donors (Lipinski definition) is 1. The molecule has 7 nitrogen and oxygen atoms in total. The van der Waals surface area contributed by atoms with Crippen molar-refractivity contribution in [3.63, 3.8) is 0 Å². The lowest BCUT2D eigenvalue weighted by atomic mass is 10.1. The van der Waals surface area contributed by atoms with Crippen LogP contribution in [0.1, 0.15) is 10.5 Å². The second-order valence-electron chi connectivity index (χ2n) is 5.11. The summed E-state index contributed by atoms with van der Waals surface area (Å²) in [6.07, 6.45) is 2.98. The number of carbonyl (C=O) groups is 2. The molecule has 2 aromatic rings. The van der Waals surface area contributed by atoms with Gasteiger partial charge in [0.05, 0.1) is 7.11 Å². The van der Waals surface area contributed by atoms with E-state index in [9.17, 15) is 9.59 Å². The van der Waals surface area contributed by atoms with E-state index in [1.807, 2.05) is 18.2 Å². The summed E-state index contributed by atoms with van der Waals surface area (Å²) in [5.74, 6) is 0.435. The highest BCUT2D eigenvalue weighted by molar-refractivity contribution is 8.00. The van der Waals surface area contributed by atoms with Crippen LogP contribution in [0.2, 0.25) is 0 Å². The molecule has 2 amide bonds. The lowest BCUT2D eigenvalue weighted by Gasteiger charge is -2.21. The standard InChI is InChI=1S/C16H16N4O3S/c1-23-11-4-2-3-10(9-11)12-13(19-6-5-18-12)15(22)20-7-8-24-16(20)14(17)21/h2-6,9,16H,7-8H2,1H3,(H2,17,21). The number of amides is 2. The predicted molar refractivity (Wildman–Crippen MR) is 90.5 cm³/mol. The fourth-order valence-corrected chi connectivity index (χ4v) is 3.60. The molecule has 3 rings (SSSR count). The number of rotatable bonds is 4. The average Bonchev–Trinajstić information content (AvgIpc) is 3.11. The smallest absolute Gasteiger partial charge is 0.276 e. The summed E-state index contributed by atoms with van der Waals surface area (Å²) >= 11 is 1.35. The largest absolute Gasteiger partial charge is 0.497 e. The highest BCUT2D eigenvalue weighted by Gasteiger charge is 2.35. The molecule has 24 heavy (non-hydrogen) atoms. The molecule has 0 aliphatic carbocycles. The zero-order chi connectivity index (χ0) is 17.1. The van der Waals surface area contributed by atoms with Crippen molar-refractivity contribution in [3.05, 3.63) is 42.4 Å². The van der Waals surface area contributed by atoms with Crippen LogP contribution in [0.3, 0.4) is 0 Å². The van der Waals surface area contributed by atoms with Crippen LogP contribution < -0.4 is 10.5 Å². The van der Waals surface area contributed by atoms with Gasteiger partial charge < -0.3 is 15.4 Å². The molecule has 1 saturated heterocycles. The number of benzene rings is 1. The van der Waals surface area contributed by atoms with Crippen LogP contribution >= 0.6 is 11.8 Å². The first-order valence-corrected chi connectivity index (χ1v) is 8.34. The van der Waals surface area contributed by atoms with Gasteiger partial charge in [0.15, 0.2) is 11.1 Å². The molecule has 1 aliphatic heterocycles. The molecule has 1 aliphatic rings. The Morgan fingerprint density at radius 2 is 2.12 bits per heavy atom. The number of primary amides is 1. The molecule has 0 saturated carbocycles. The first-order chi connectivity index (χ1) is 11.6. The van der Waals surface area contributed by atoms with Crippen LogP contribution in [-0.2, 0) is 4.79 Å². The zero-order valence-corrected chi connectivity index (χ0v) is 13.8. The first kappa shape index (κ1) is 16.3. The van der Waals surface area contributed by atoms with Crippen molar-refractivity contribution < 1.29 is 14.3 Å². The molecule has 1 aromatic heterocycles. The van der Waals surface area contributed by atoms with E-state index in [4.69, 9.17) is 10.5 Å². The highest BCUT2D eigenvalue weighted by Crippen LogP contribution is 2.29. The summed E-state index contributed by atoms with van der Waals surface area (Å²) < 4.78 is 5.22. The molecule has 2 N–H and O–H groups in total. The van der Waals surface area contributed by atoms with Gasteiger partial charge >= 0.3 is 0 Å². The summed E-state index contributed by atoms with van der Waals surface area (Å²) in [5, 5.41) is -0.669. The van der Waals surface area contributed by atoms with Gasteiger partial charge in [-0.05, 0) is 12.1 Å². The summed E-state index contributed by atoms with van der Waals surface area (Å²) in [6, 6.07) is 7.23. The van der Waals surface area contributed by atoms with Crippen LogP contribution in [-0.4, -0.2) is 51.5 Å². The second-order valence-corrected chi connectivity index (χ2v) is 6.30. The Morgan fingerprint density at radius 1 is 1.33 bits per heavy atom. The average molecular weight is 344 g/mol. The van der Waals surface area contributed by atoms with Crippen molar-refractivity contribution in [1.82, 2.24) is 14.9 Å². The Bertz CT molecular complexity index is 783. The second kappa shape index (κ2) is 6.88. The molecule has 1 fully saturated rings. The van der Waals surface area contributed by atoms with Gasteiger partial charge in [-0.15, -0.1) is 11.8 Å². The van der Waals surface area contributed by atoms with Crippen molar-refractivity contribution in [3.8, 4) is 17.0 Å². The van der Waals surface area contributed by atoms with E-state index < -0.39 is 11.3 Å². The van der Waals surface area contributed by atoms with E-state index >= 15 is 0 Å². The number of ether oxygens (including phenoxy) is 1. The van der Waals surface area contributed by atoms with Crippen molar-refractivity contribution in [1.29, 1.82) is 0 Å². The first-order valence-electron chi connectivity index (χ1n) is 7.29. The van der Waals surface area contributed by atoms with Crippen LogP contribution in [0.4, 0.5) is 0 Å². The number of methoxy groups -OCH3 is 1. The third kappa shape index (κ3) is 3.05. The topological polar surface area (TPSA) is 98.4 Å². The lowest BCUT2D eigenvalue weighted by molar-refractivity contribution is -0.119. The number of thioether (sulfide) groups is 1. The minimum absolute atomic E-state index is 0.194. The Morgan fingerprint density at radius 3 is 2.88 bits per heavy atom. The molecular weight excluding hydrogens is 328 g/mol. The van der Waals surface area contributed by atoms with Crippen molar-refractivity contribution in [2.75, 3.05) is 19.4 Å². The van der Waals surface area contributed by atoms with Crippen LogP contribution in [0.5, 0.6) is 5.75 Å². The van der Waals surface area contributed by atoms with Gasteiger partial charge in [-0.25, -0.2) is 4.98 Å². The number of hydrogen-bond acceptors (Lipinski definition) is 6. The number of carbonyl (C=O) groups excluding carboxylic acids is 2. The number of aromatic nitrogens is 2. The SMILES string of the molecule is COc1cccc(-c2nccnc2C(=O)N2CCSC2C(N)=O)c1. The van der Waals surface area contributed by atoms with E-state index in [0.29, 0.717) is 29.3 Å². The minimum atomic E-state index is -0.669. The van der Waals surface area contributed by atoms with Gasteiger partial charge in [0.1, 0.15) is 11.4 Å².